The SMILES string of the molecule is Cl.Cl.O=C(CC1COCCN1)N1CCNc2ccccc21. The molecule has 3 rings (SSSR count). The van der Waals surface area contributed by atoms with Gasteiger partial charge in [-0.05, 0) is 12.1 Å². The van der Waals surface area contributed by atoms with Crippen molar-refractivity contribution in [3.8, 4) is 0 Å². The summed E-state index contributed by atoms with van der Waals surface area (Å²) in [5.41, 5.74) is 2.02. The number of morpholine rings is 1. The molecule has 21 heavy (non-hydrogen) atoms. The molecule has 1 aromatic carbocycles. The predicted octanol–water partition coefficient (Wildman–Crippen LogP) is 1.67. The second-order valence-corrected chi connectivity index (χ2v) is 4.92. The molecule has 0 saturated carbocycles. The molecule has 0 aliphatic carbocycles. The van der Waals surface area contributed by atoms with Gasteiger partial charge in [-0.15, -0.1) is 24.8 Å². The number of rotatable bonds is 2. The zero-order valence-electron chi connectivity index (χ0n) is 11.7. The van der Waals surface area contributed by atoms with Crippen LogP contribution < -0.4 is 15.5 Å². The molecule has 118 valence electrons. The fourth-order valence-electron chi connectivity index (χ4n) is 2.61. The van der Waals surface area contributed by atoms with E-state index in [0.29, 0.717) is 13.0 Å². The summed E-state index contributed by atoms with van der Waals surface area (Å²) < 4.78 is 5.39. The fraction of sp³-hybridized carbons (Fsp3) is 0.500. The van der Waals surface area contributed by atoms with E-state index in [1.807, 2.05) is 29.2 Å². The Balaban J connectivity index is 0.00000110. The number of nitrogens with zero attached hydrogens (tertiary/aromatic N) is 1. The molecule has 2 aliphatic rings. The topological polar surface area (TPSA) is 53.6 Å². The second-order valence-electron chi connectivity index (χ2n) is 4.92. The van der Waals surface area contributed by atoms with E-state index in [2.05, 4.69) is 10.6 Å². The molecule has 0 spiro atoms. The van der Waals surface area contributed by atoms with Gasteiger partial charge in [0.2, 0.25) is 5.91 Å². The number of fused-ring (bicyclic) bond motifs is 1. The zero-order valence-corrected chi connectivity index (χ0v) is 13.3. The number of anilines is 2. The number of halogens is 2. The minimum absolute atomic E-state index is 0. The summed E-state index contributed by atoms with van der Waals surface area (Å²) in [5.74, 6) is 0.164. The van der Waals surface area contributed by atoms with Crippen LogP contribution in [0.4, 0.5) is 11.4 Å². The van der Waals surface area contributed by atoms with Gasteiger partial charge < -0.3 is 20.3 Å². The van der Waals surface area contributed by atoms with Crippen LogP contribution in [0.3, 0.4) is 0 Å². The summed E-state index contributed by atoms with van der Waals surface area (Å²) in [6.45, 7) is 3.72. The van der Waals surface area contributed by atoms with E-state index in [-0.39, 0.29) is 36.8 Å². The van der Waals surface area contributed by atoms with Gasteiger partial charge in [0.1, 0.15) is 0 Å². The molecule has 1 atom stereocenters. The lowest BCUT2D eigenvalue weighted by Crippen LogP contribution is -2.46. The van der Waals surface area contributed by atoms with Crippen LogP contribution >= 0.6 is 24.8 Å². The van der Waals surface area contributed by atoms with Crippen LogP contribution in [-0.2, 0) is 9.53 Å². The monoisotopic (exact) mass is 333 g/mol. The summed E-state index contributed by atoms with van der Waals surface area (Å²) in [5, 5.41) is 6.64. The number of para-hydroxylation sites is 2. The van der Waals surface area contributed by atoms with Crippen molar-refractivity contribution >= 4 is 42.1 Å². The van der Waals surface area contributed by atoms with Crippen molar-refractivity contribution in [3.05, 3.63) is 24.3 Å². The number of amides is 1. The van der Waals surface area contributed by atoms with E-state index in [1.54, 1.807) is 0 Å². The van der Waals surface area contributed by atoms with Crippen molar-refractivity contribution in [2.24, 2.45) is 0 Å². The Labute approximate surface area is 137 Å². The Bertz CT molecular complexity index is 467. The van der Waals surface area contributed by atoms with Gasteiger partial charge in [-0.2, -0.15) is 0 Å². The molecule has 0 aromatic heterocycles. The Hall–Kier alpha value is -1.01. The first kappa shape index (κ1) is 18.0. The van der Waals surface area contributed by atoms with Crippen LogP contribution in [0.25, 0.3) is 0 Å². The summed E-state index contributed by atoms with van der Waals surface area (Å²) in [7, 11) is 0. The minimum Gasteiger partial charge on any atom is -0.382 e. The van der Waals surface area contributed by atoms with E-state index < -0.39 is 0 Å². The van der Waals surface area contributed by atoms with Gasteiger partial charge in [0.25, 0.3) is 0 Å². The Morgan fingerprint density at radius 2 is 2.10 bits per heavy atom. The first-order chi connectivity index (χ1) is 9.34. The molecule has 7 heteroatoms. The Kier molecular flexibility index (Phi) is 7.25. The van der Waals surface area contributed by atoms with Crippen molar-refractivity contribution in [3.63, 3.8) is 0 Å². The highest BCUT2D eigenvalue weighted by molar-refractivity contribution is 5.97. The highest BCUT2D eigenvalue weighted by Gasteiger charge is 2.25. The Morgan fingerprint density at radius 3 is 2.86 bits per heavy atom. The lowest BCUT2D eigenvalue weighted by Gasteiger charge is -2.32. The molecular formula is C14H21Cl2N3O2. The number of hydrogen-bond acceptors (Lipinski definition) is 4. The molecule has 2 aliphatic heterocycles. The molecule has 0 bridgehead atoms. The van der Waals surface area contributed by atoms with Gasteiger partial charge in [-0.25, -0.2) is 0 Å². The summed E-state index contributed by atoms with van der Waals surface area (Å²) >= 11 is 0. The number of benzene rings is 1. The predicted molar refractivity (Wildman–Crippen MR) is 89.0 cm³/mol. The highest BCUT2D eigenvalue weighted by Crippen LogP contribution is 2.28. The molecule has 2 heterocycles. The molecule has 1 amide bonds. The van der Waals surface area contributed by atoms with Crippen molar-refractivity contribution in [2.45, 2.75) is 12.5 Å². The third kappa shape index (κ3) is 4.23. The highest BCUT2D eigenvalue weighted by atomic mass is 35.5. The van der Waals surface area contributed by atoms with Crippen LogP contribution in [0.5, 0.6) is 0 Å². The summed E-state index contributed by atoms with van der Waals surface area (Å²) in [6.07, 6.45) is 0.494. The third-order valence-corrected chi connectivity index (χ3v) is 3.57. The summed E-state index contributed by atoms with van der Waals surface area (Å²) in [6, 6.07) is 8.09. The summed E-state index contributed by atoms with van der Waals surface area (Å²) in [4.78, 5) is 14.3. The van der Waals surface area contributed by atoms with E-state index in [4.69, 9.17) is 4.74 Å². The minimum atomic E-state index is 0. The van der Waals surface area contributed by atoms with Crippen LogP contribution in [0, 0.1) is 0 Å². The number of carbonyl (C=O) groups excluding carboxylic acids is 1. The number of carbonyl (C=O) groups is 1. The van der Waals surface area contributed by atoms with Gasteiger partial charge in [-0.1, -0.05) is 12.1 Å². The first-order valence-electron chi connectivity index (χ1n) is 6.79. The molecule has 1 saturated heterocycles. The first-order valence-corrected chi connectivity index (χ1v) is 6.79. The normalized spacial score (nSPS) is 20.4. The van der Waals surface area contributed by atoms with Crippen LogP contribution in [-0.4, -0.2) is 44.8 Å². The molecular weight excluding hydrogens is 313 g/mol. The van der Waals surface area contributed by atoms with Gasteiger partial charge in [0.05, 0.1) is 24.6 Å². The fourth-order valence-corrected chi connectivity index (χ4v) is 2.61. The molecule has 1 fully saturated rings. The van der Waals surface area contributed by atoms with Crippen molar-refractivity contribution in [2.75, 3.05) is 43.1 Å². The van der Waals surface area contributed by atoms with Crippen LogP contribution in [0.15, 0.2) is 24.3 Å². The van der Waals surface area contributed by atoms with E-state index in [0.717, 1.165) is 37.6 Å². The van der Waals surface area contributed by atoms with Gasteiger partial charge in [0.15, 0.2) is 0 Å². The lowest BCUT2D eigenvalue weighted by atomic mass is 10.1. The van der Waals surface area contributed by atoms with Crippen LogP contribution in [0.1, 0.15) is 6.42 Å². The van der Waals surface area contributed by atoms with Crippen molar-refractivity contribution in [1.82, 2.24) is 5.32 Å². The lowest BCUT2D eigenvalue weighted by molar-refractivity contribution is -0.119. The van der Waals surface area contributed by atoms with E-state index in [9.17, 15) is 4.79 Å². The standard InChI is InChI=1S/C14H19N3O2.2ClH/c18-14(9-11-10-19-8-6-15-11)17-7-5-16-12-3-1-2-4-13(12)17;;/h1-4,11,15-16H,5-10H2;2*1H. The molecule has 1 aromatic rings. The van der Waals surface area contributed by atoms with Crippen LogP contribution in [0.2, 0.25) is 0 Å². The van der Waals surface area contributed by atoms with Gasteiger partial charge >= 0.3 is 0 Å². The molecule has 5 nitrogen and oxygen atoms in total. The largest absolute Gasteiger partial charge is 0.382 e. The van der Waals surface area contributed by atoms with Gasteiger partial charge in [0, 0.05) is 32.1 Å². The van der Waals surface area contributed by atoms with Gasteiger partial charge in [-0.3, -0.25) is 4.79 Å². The number of nitrogens with one attached hydrogen (secondary N) is 2. The van der Waals surface area contributed by atoms with E-state index in [1.165, 1.54) is 0 Å². The molecule has 2 N–H and O–H groups in total. The maximum atomic E-state index is 12.4. The maximum absolute atomic E-state index is 12.4. The zero-order chi connectivity index (χ0) is 13.1. The van der Waals surface area contributed by atoms with E-state index >= 15 is 0 Å². The van der Waals surface area contributed by atoms with Crippen molar-refractivity contribution < 1.29 is 9.53 Å². The third-order valence-electron chi connectivity index (χ3n) is 3.57. The number of ether oxygens (including phenoxy) is 1. The molecule has 0 radical (unpaired) electrons. The van der Waals surface area contributed by atoms with Crippen molar-refractivity contribution in [1.29, 1.82) is 0 Å². The second kappa shape index (κ2) is 8.44. The average molecular weight is 334 g/mol. The number of hydrogen-bond donors (Lipinski definition) is 2. The average Bonchev–Trinajstić information content (AvgIpc) is 2.47. The smallest absolute Gasteiger partial charge is 0.228 e. The molecule has 1 unspecified atom stereocenters. The Morgan fingerprint density at radius 1 is 1.29 bits per heavy atom. The maximum Gasteiger partial charge on any atom is 0.228 e. The quantitative estimate of drug-likeness (QED) is 0.864.